The summed E-state index contributed by atoms with van der Waals surface area (Å²) in [5.41, 5.74) is 0.904. The van der Waals surface area contributed by atoms with Crippen LogP contribution in [0.5, 0.6) is 23.0 Å². The number of methoxy groups -OCH3 is 1. The fourth-order valence-corrected chi connectivity index (χ4v) is 6.37. The highest BCUT2D eigenvalue weighted by molar-refractivity contribution is 5.87. The highest BCUT2D eigenvalue weighted by Crippen LogP contribution is 2.36. The van der Waals surface area contributed by atoms with Crippen molar-refractivity contribution in [3.63, 3.8) is 0 Å². The summed E-state index contributed by atoms with van der Waals surface area (Å²) >= 11 is 0. The Labute approximate surface area is 319 Å². The molecule has 0 saturated carbocycles. The van der Waals surface area contributed by atoms with Gasteiger partial charge in [-0.2, -0.15) is 0 Å². The van der Waals surface area contributed by atoms with Crippen LogP contribution >= 0.6 is 0 Å². The number of carbonyl (C=O) groups is 1. The van der Waals surface area contributed by atoms with Crippen LogP contribution in [0.25, 0.3) is 6.08 Å². The van der Waals surface area contributed by atoms with Gasteiger partial charge in [0.05, 0.1) is 33.0 Å². The second kappa shape index (κ2) is 19.2. The number of aromatic hydroxyl groups is 3. The molecule has 2 aromatic rings. The smallest absolute Gasteiger partial charge is 0.331 e. The molecule has 3 aliphatic rings. The third kappa shape index (κ3) is 9.86. The largest absolute Gasteiger partial charge is 0.504 e. The zero-order valence-electron chi connectivity index (χ0n) is 30.2. The standard InChI is InChI=1S/C36H48O20/c1-15-25(43)27(45)29(47)34(51-15)55-32-31(54-24(42)8-5-16-4-7-19(40)21(12-16)49-2)23(14-38)53-36(50-10-9-17-3-6-18(39)20(41)11-17)33(32)56-35-30(48)28(46)26(44)22(13-37)52-35/h3-8,11-12,15,22-23,25-41,43-48H,9-10,13-14H2,1-2H3/t15-,22+,23+,25-,26+,27+,28-,29+,30+,31+,32-,33+,34-,35-,36+/m0/s1. The molecule has 3 heterocycles. The van der Waals surface area contributed by atoms with Crippen molar-refractivity contribution in [2.24, 2.45) is 0 Å². The lowest BCUT2D eigenvalue weighted by atomic mass is 9.96. The van der Waals surface area contributed by atoms with Crippen molar-refractivity contribution in [1.82, 2.24) is 0 Å². The summed E-state index contributed by atoms with van der Waals surface area (Å²) in [5.74, 6) is -1.83. The molecule has 0 bridgehead atoms. The van der Waals surface area contributed by atoms with Gasteiger partial charge < -0.3 is 94.1 Å². The van der Waals surface area contributed by atoms with E-state index in [0.717, 1.165) is 6.08 Å². The molecular formula is C36H48O20. The van der Waals surface area contributed by atoms with E-state index in [-0.39, 0.29) is 30.3 Å². The minimum atomic E-state index is -1.97. The first-order valence-electron chi connectivity index (χ1n) is 17.6. The molecule has 20 nitrogen and oxygen atoms in total. The number of ether oxygens (including phenoxy) is 8. The van der Waals surface area contributed by atoms with Crippen LogP contribution in [-0.4, -0.2) is 181 Å². The van der Waals surface area contributed by atoms with Gasteiger partial charge in [-0.15, -0.1) is 0 Å². The molecule has 0 aliphatic carbocycles. The Morgan fingerprint density at radius 2 is 1.32 bits per heavy atom. The van der Waals surface area contributed by atoms with Crippen LogP contribution in [0.2, 0.25) is 0 Å². The first kappa shape index (κ1) is 43.4. The van der Waals surface area contributed by atoms with Crippen molar-refractivity contribution in [3.8, 4) is 23.0 Å². The SMILES string of the molecule is COc1cc(C=CC(=O)O[C@H]2[C@H](O[C@@H]3O[C@@H](C)[C@H](O)[C@@H](O)[C@H]3O)[C@@H](O[C@@H]3O[C@H](CO)[C@@H](O)[C@H](O)[C@H]3O)[C@H](OCCc3ccc(O)c(O)c3)O[C@@H]2CO)ccc1O. The molecule has 56 heavy (non-hydrogen) atoms. The molecule has 312 valence electrons. The lowest BCUT2D eigenvalue weighted by Gasteiger charge is -2.49. The van der Waals surface area contributed by atoms with Crippen LogP contribution in [0.1, 0.15) is 18.1 Å². The number of phenolic OH excluding ortho intramolecular Hbond substituents is 3. The second-order valence-corrected chi connectivity index (χ2v) is 13.4. The summed E-state index contributed by atoms with van der Waals surface area (Å²) in [6.45, 7) is -0.493. The number of benzene rings is 2. The van der Waals surface area contributed by atoms with Crippen LogP contribution in [0.3, 0.4) is 0 Å². The average molecular weight is 801 g/mol. The Kier molecular flexibility index (Phi) is 14.9. The Morgan fingerprint density at radius 3 is 1.98 bits per heavy atom. The molecule has 5 rings (SSSR count). The predicted octanol–water partition coefficient (Wildman–Crippen LogP) is -2.89. The topological polar surface area (TPSA) is 313 Å². The van der Waals surface area contributed by atoms with Crippen LogP contribution < -0.4 is 4.74 Å². The maximum Gasteiger partial charge on any atom is 0.331 e. The fraction of sp³-hybridized carbons (Fsp3) is 0.583. The molecule has 0 aromatic heterocycles. The van der Waals surface area contributed by atoms with Gasteiger partial charge in [0.15, 0.2) is 48.0 Å². The molecular weight excluding hydrogens is 752 g/mol. The molecule has 0 radical (unpaired) electrons. The van der Waals surface area contributed by atoms with Crippen molar-refractivity contribution in [2.45, 2.75) is 105 Å². The Hall–Kier alpha value is -3.71. The number of esters is 1. The first-order valence-corrected chi connectivity index (χ1v) is 17.6. The van der Waals surface area contributed by atoms with Crippen LogP contribution in [-0.2, 0) is 44.4 Å². The van der Waals surface area contributed by atoms with Gasteiger partial charge in [-0.3, -0.25) is 0 Å². The van der Waals surface area contributed by atoms with E-state index >= 15 is 0 Å². The summed E-state index contributed by atoms with van der Waals surface area (Å²) in [6, 6.07) is 8.28. The average Bonchev–Trinajstić information content (AvgIpc) is 3.18. The van der Waals surface area contributed by atoms with Gasteiger partial charge >= 0.3 is 5.97 Å². The van der Waals surface area contributed by atoms with Crippen LogP contribution in [0.15, 0.2) is 42.5 Å². The summed E-state index contributed by atoms with van der Waals surface area (Å²) in [4.78, 5) is 13.4. The minimum Gasteiger partial charge on any atom is -0.504 e. The van der Waals surface area contributed by atoms with Crippen LogP contribution in [0.4, 0.5) is 0 Å². The van der Waals surface area contributed by atoms with E-state index < -0.39 is 117 Å². The van der Waals surface area contributed by atoms with Crippen LogP contribution in [0, 0.1) is 0 Å². The van der Waals surface area contributed by atoms with Gasteiger partial charge in [0.1, 0.15) is 61.0 Å². The first-order chi connectivity index (χ1) is 26.7. The number of hydrogen-bond acceptors (Lipinski definition) is 20. The van der Waals surface area contributed by atoms with E-state index in [4.69, 9.17) is 37.9 Å². The number of hydrogen-bond donors (Lipinski definition) is 11. The van der Waals surface area contributed by atoms with E-state index in [1.54, 1.807) is 0 Å². The van der Waals surface area contributed by atoms with Gasteiger partial charge in [0, 0.05) is 6.08 Å². The number of aliphatic hydroxyl groups excluding tert-OH is 8. The quantitative estimate of drug-likeness (QED) is 0.0519. The van der Waals surface area contributed by atoms with E-state index in [1.165, 1.54) is 56.5 Å². The Balaban J connectivity index is 1.50. The molecule has 2 aromatic carbocycles. The fourth-order valence-electron chi connectivity index (χ4n) is 6.37. The summed E-state index contributed by atoms with van der Waals surface area (Å²) in [7, 11) is 1.33. The third-order valence-electron chi connectivity index (χ3n) is 9.59. The minimum absolute atomic E-state index is 0.0904. The molecule has 3 aliphatic heterocycles. The number of aliphatic hydroxyl groups is 8. The Bertz CT molecular complexity index is 1620. The highest BCUT2D eigenvalue weighted by atomic mass is 16.8. The van der Waals surface area contributed by atoms with Gasteiger partial charge in [0.25, 0.3) is 0 Å². The molecule has 0 spiro atoms. The molecule has 11 N–H and O–H groups in total. The lowest BCUT2D eigenvalue weighted by molar-refractivity contribution is -0.390. The van der Waals surface area contributed by atoms with Crippen molar-refractivity contribution < 1.29 is 98.9 Å². The zero-order valence-corrected chi connectivity index (χ0v) is 30.2. The van der Waals surface area contributed by atoms with Crippen molar-refractivity contribution >= 4 is 12.0 Å². The lowest BCUT2D eigenvalue weighted by Crippen LogP contribution is -2.67. The number of rotatable bonds is 14. The molecule has 3 fully saturated rings. The summed E-state index contributed by atoms with van der Waals surface area (Å²) in [5, 5.41) is 114. The maximum atomic E-state index is 13.4. The summed E-state index contributed by atoms with van der Waals surface area (Å²) < 4.78 is 46.4. The zero-order chi connectivity index (χ0) is 40.8. The van der Waals surface area contributed by atoms with E-state index in [1.807, 2.05) is 0 Å². The summed E-state index contributed by atoms with van der Waals surface area (Å²) in [6.07, 6.45) is -22.9. The number of carbonyl (C=O) groups excluding carboxylic acids is 1. The third-order valence-corrected chi connectivity index (χ3v) is 9.59. The predicted molar refractivity (Wildman–Crippen MR) is 185 cm³/mol. The van der Waals surface area contributed by atoms with Gasteiger partial charge in [-0.1, -0.05) is 12.1 Å². The van der Waals surface area contributed by atoms with Gasteiger partial charge in [0.2, 0.25) is 0 Å². The Morgan fingerprint density at radius 1 is 0.696 bits per heavy atom. The van der Waals surface area contributed by atoms with Gasteiger partial charge in [-0.05, 0) is 54.8 Å². The van der Waals surface area contributed by atoms with E-state index in [2.05, 4.69) is 0 Å². The molecule has 0 unspecified atom stereocenters. The van der Waals surface area contributed by atoms with E-state index in [0.29, 0.717) is 11.1 Å². The van der Waals surface area contributed by atoms with Crippen molar-refractivity contribution in [2.75, 3.05) is 26.9 Å². The molecule has 3 saturated heterocycles. The highest BCUT2D eigenvalue weighted by Gasteiger charge is 2.55. The molecule has 15 atom stereocenters. The maximum absolute atomic E-state index is 13.4. The second-order valence-electron chi connectivity index (χ2n) is 13.4. The van der Waals surface area contributed by atoms with Crippen molar-refractivity contribution in [3.05, 3.63) is 53.6 Å². The normalized spacial score (nSPS) is 36.4. The molecule has 0 amide bonds. The molecule has 20 heteroatoms. The number of phenols is 3. The van der Waals surface area contributed by atoms with Gasteiger partial charge in [-0.25, -0.2) is 4.79 Å². The van der Waals surface area contributed by atoms with E-state index in [9.17, 15) is 61.0 Å². The van der Waals surface area contributed by atoms with Crippen molar-refractivity contribution in [1.29, 1.82) is 0 Å². The monoisotopic (exact) mass is 800 g/mol.